The van der Waals surface area contributed by atoms with E-state index in [1.165, 1.54) is 36.4 Å². The van der Waals surface area contributed by atoms with E-state index in [1.54, 1.807) is 0 Å². The van der Waals surface area contributed by atoms with E-state index in [4.69, 9.17) is 10.5 Å². The highest BCUT2D eigenvalue weighted by molar-refractivity contribution is 7.92. The van der Waals surface area contributed by atoms with E-state index < -0.39 is 15.1 Å². The summed E-state index contributed by atoms with van der Waals surface area (Å²) in [5.41, 5.74) is 2.16. The van der Waals surface area contributed by atoms with Gasteiger partial charge in [-0.05, 0) is 48.5 Å². The highest BCUT2D eigenvalue weighted by Gasteiger charge is 2.27. The molecule has 0 aliphatic heterocycles. The SMILES string of the molecule is CN(C)c1ccc(N=Nc2ccc(S(=O)(=O)C(C#N)C#N)cc2)cc1. The van der Waals surface area contributed by atoms with Crippen LogP contribution in [0.2, 0.25) is 0 Å². The first-order valence-electron chi connectivity index (χ1n) is 7.21. The molecule has 25 heavy (non-hydrogen) atoms. The summed E-state index contributed by atoms with van der Waals surface area (Å²) in [6, 6.07) is 16.0. The second-order valence-corrected chi connectivity index (χ2v) is 7.32. The molecular weight excluding hydrogens is 338 g/mol. The summed E-state index contributed by atoms with van der Waals surface area (Å²) in [6.07, 6.45) is 0. The molecule has 0 bridgehead atoms. The second-order valence-electron chi connectivity index (χ2n) is 5.29. The zero-order valence-electron chi connectivity index (χ0n) is 13.7. The zero-order valence-corrected chi connectivity index (χ0v) is 14.5. The lowest BCUT2D eigenvalue weighted by atomic mass is 10.3. The van der Waals surface area contributed by atoms with Crippen molar-refractivity contribution >= 4 is 26.9 Å². The standard InChI is InChI=1S/C17H15N5O2S/c1-22(2)15-7-3-13(4-8-15)20-21-14-5-9-16(10-6-14)25(23,24)17(11-18)12-19/h3-10,17H,1-2H3. The summed E-state index contributed by atoms with van der Waals surface area (Å²) >= 11 is 0. The Kier molecular flexibility index (Phi) is 5.48. The van der Waals surface area contributed by atoms with Gasteiger partial charge in [0.2, 0.25) is 15.1 Å². The molecule has 0 atom stereocenters. The van der Waals surface area contributed by atoms with Crippen LogP contribution in [0.25, 0.3) is 0 Å². The maximum absolute atomic E-state index is 12.1. The number of hydrogen-bond donors (Lipinski definition) is 0. The highest BCUT2D eigenvalue weighted by atomic mass is 32.2. The molecule has 0 saturated carbocycles. The van der Waals surface area contributed by atoms with Crippen molar-refractivity contribution in [1.29, 1.82) is 10.5 Å². The molecule has 7 nitrogen and oxygen atoms in total. The van der Waals surface area contributed by atoms with E-state index in [9.17, 15) is 8.42 Å². The van der Waals surface area contributed by atoms with Crippen molar-refractivity contribution in [1.82, 2.24) is 0 Å². The van der Waals surface area contributed by atoms with Crippen molar-refractivity contribution in [3.63, 3.8) is 0 Å². The third-order valence-corrected chi connectivity index (χ3v) is 5.12. The zero-order chi connectivity index (χ0) is 18.4. The first-order valence-corrected chi connectivity index (χ1v) is 8.75. The van der Waals surface area contributed by atoms with Gasteiger partial charge in [-0.2, -0.15) is 20.8 Å². The summed E-state index contributed by atoms with van der Waals surface area (Å²) in [6.45, 7) is 0. The van der Waals surface area contributed by atoms with E-state index in [0.717, 1.165) is 5.69 Å². The summed E-state index contributed by atoms with van der Waals surface area (Å²) in [5, 5.41) is 23.9. The summed E-state index contributed by atoms with van der Waals surface area (Å²) < 4.78 is 24.1. The lowest BCUT2D eigenvalue weighted by Crippen LogP contribution is -2.17. The number of sulfone groups is 1. The number of nitrogens with zero attached hydrogens (tertiary/aromatic N) is 5. The number of hydrogen-bond acceptors (Lipinski definition) is 7. The summed E-state index contributed by atoms with van der Waals surface area (Å²) in [7, 11) is -0.118. The Morgan fingerprint density at radius 1 is 0.880 bits per heavy atom. The lowest BCUT2D eigenvalue weighted by molar-refractivity contribution is 0.595. The fourth-order valence-corrected chi connectivity index (χ4v) is 3.00. The minimum atomic E-state index is -4.00. The van der Waals surface area contributed by atoms with Gasteiger partial charge in [-0.15, -0.1) is 0 Å². The van der Waals surface area contributed by atoms with Gasteiger partial charge in [-0.1, -0.05) is 0 Å². The second kappa shape index (κ2) is 7.56. The monoisotopic (exact) mass is 353 g/mol. The molecule has 0 saturated heterocycles. The van der Waals surface area contributed by atoms with E-state index in [1.807, 2.05) is 43.3 Å². The fraction of sp³-hybridized carbons (Fsp3) is 0.176. The van der Waals surface area contributed by atoms with Crippen LogP contribution in [0.1, 0.15) is 0 Å². The Hall–Kier alpha value is -3.23. The highest BCUT2D eigenvalue weighted by Crippen LogP contribution is 2.23. The molecule has 2 aromatic carbocycles. The normalized spacial score (nSPS) is 11.2. The summed E-state index contributed by atoms with van der Waals surface area (Å²) in [4.78, 5) is 1.87. The van der Waals surface area contributed by atoms with E-state index in [2.05, 4.69) is 10.2 Å². The molecule has 0 amide bonds. The van der Waals surface area contributed by atoms with Gasteiger partial charge in [-0.25, -0.2) is 8.42 Å². The van der Waals surface area contributed by atoms with Gasteiger partial charge in [0.1, 0.15) is 0 Å². The van der Waals surface area contributed by atoms with Crippen molar-refractivity contribution < 1.29 is 8.42 Å². The first-order chi connectivity index (χ1) is 11.9. The molecule has 0 aliphatic carbocycles. The average molecular weight is 353 g/mol. The Morgan fingerprint density at radius 3 is 1.72 bits per heavy atom. The molecule has 2 rings (SSSR count). The Bertz CT molecular complexity index is 936. The van der Waals surface area contributed by atoms with Gasteiger partial charge in [0.25, 0.3) is 0 Å². The van der Waals surface area contributed by atoms with Gasteiger partial charge >= 0.3 is 0 Å². The molecule has 0 fully saturated rings. The molecule has 0 heterocycles. The predicted molar refractivity (Wildman–Crippen MR) is 93.6 cm³/mol. The van der Waals surface area contributed by atoms with Crippen LogP contribution in [0.4, 0.5) is 17.1 Å². The number of rotatable bonds is 5. The molecule has 0 aliphatic rings. The molecule has 0 aromatic heterocycles. The van der Waals surface area contributed by atoms with Crippen LogP contribution in [-0.4, -0.2) is 27.8 Å². The van der Waals surface area contributed by atoms with Crippen LogP contribution in [0.5, 0.6) is 0 Å². The van der Waals surface area contributed by atoms with E-state index >= 15 is 0 Å². The molecular formula is C17H15N5O2S. The van der Waals surface area contributed by atoms with Crippen LogP contribution < -0.4 is 4.90 Å². The quantitative estimate of drug-likeness (QED) is 0.765. The van der Waals surface area contributed by atoms with Gasteiger partial charge < -0.3 is 4.90 Å². The Labute approximate surface area is 146 Å². The molecule has 0 spiro atoms. The van der Waals surface area contributed by atoms with Crippen LogP contribution in [0.3, 0.4) is 0 Å². The topological polar surface area (TPSA) is 110 Å². The van der Waals surface area contributed by atoms with Crippen LogP contribution in [0.15, 0.2) is 63.7 Å². The fourth-order valence-electron chi connectivity index (χ4n) is 1.94. The van der Waals surface area contributed by atoms with E-state index in [0.29, 0.717) is 11.4 Å². The number of azo groups is 1. The minimum absolute atomic E-state index is 0.102. The number of anilines is 1. The largest absolute Gasteiger partial charge is 0.378 e. The molecule has 0 unspecified atom stereocenters. The minimum Gasteiger partial charge on any atom is -0.378 e. The lowest BCUT2D eigenvalue weighted by Gasteiger charge is -2.11. The molecule has 126 valence electrons. The maximum Gasteiger partial charge on any atom is 0.237 e. The molecule has 8 heteroatoms. The molecule has 0 N–H and O–H groups in total. The van der Waals surface area contributed by atoms with Gasteiger partial charge in [0.15, 0.2) is 0 Å². The van der Waals surface area contributed by atoms with Crippen LogP contribution in [0, 0.1) is 22.7 Å². The predicted octanol–water partition coefficient (Wildman–Crippen LogP) is 3.36. The van der Waals surface area contributed by atoms with Crippen molar-refractivity contribution in [3.05, 3.63) is 48.5 Å². The first kappa shape index (κ1) is 18.1. The van der Waals surface area contributed by atoms with Crippen molar-refractivity contribution in [2.24, 2.45) is 10.2 Å². The van der Waals surface area contributed by atoms with Crippen molar-refractivity contribution in [3.8, 4) is 12.1 Å². The average Bonchev–Trinajstić information content (AvgIpc) is 2.61. The molecule has 2 aromatic rings. The third-order valence-electron chi connectivity index (χ3n) is 3.36. The number of benzene rings is 2. The van der Waals surface area contributed by atoms with Crippen molar-refractivity contribution in [2.45, 2.75) is 10.1 Å². The van der Waals surface area contributed by atoms with Crippen LogP contribution in [-0.2, 0) is 9.84 Å². The number of nitriles is 2. The Balaban J connectivity index is 2.18. The molecule has 0 radical (unpaired) electrons. The smallest absolute Gasteiger partial charge is 0.237 e. The third kappa shape index (κ3) is 4.19. The maximum atomic E-state index is 12.1. The summed E-state index contributed by atoms with van der Waals surface area (Å²) in [5.74, 6) is 0. The van der Waals surface area contributed by atoms with Gasteiger partial charge in [0.05, 0.1) is 28.4 Å². The van der Waals surface area contributed by atoms with E-state index in [-0.39, 0.29) is 4.90 Å². The van der Waals surface area contributed by atoms with Gasteiger partial charge in [-0.3, -0.25) is 0 Å². The van der Waals surface area contributed by atoms with Gasteiger partial charge in [0, 0.05) is 19.8 Å². The van der Waals surface area contributed by atoms with Crippen LogP contribution >= 0.6 is 0 Å². The van der Waals surface area contributed by atoms with Crippen molar-refractivity contribution in [2.75, 3.05) is 19.0 Å². The Morgan fingerprint density at radius 2 is 1.32 bits per heavy atom.